The summed E-state index contributed by atoms with van der Waals surface area (Å²) >= 11 is 17.0. The van der Waals surface area contributed by atoms with Crippen molar-refractivity contribution in [2.24, 2.45) is 5.92 Å². The van der Waals surface area contributed by atoms with E-state index in [1.807, 2.05) is 72.8 Å². The molecule has 10 heteroatoms. The molecule has 230 valence electrons. The van der Waals surface area contributed by atoms with Crippen LogP contribution in [0, 0.1) is 5.92 Å². The number of hydrogen-bond donors (Lipinski definition) is 3. The standard InChI is InChI=1S/C33H37Cl3N2O5/c1-21-29(18-38-15-3-6-28(38)20-40)42-31(43-30(21)25-9-7-22(19-39)8-10-25)26-13-11-24(12-14-26)27-5-2-4-23(16-27)17-37-32(41)33(34,35)36/h2,4-5,7-14,16,21,28-31,39-40H,3,6,15,17-20H2,1H3,(H,37,41)/t21-,28-,29+,30+,31+/m0/s1. The molecule has 43 heavy (non-hydrogen) atoms. The molecule has 0 unspecified atom stereocenters. The first-order chi connectivity index (χ1) is 20.7. The van der Waals surface area contributed by atoms with Crippen molar-refractivity contribution in [3.05, 3.63) is 95.1 Å². The average Bonchev–Trinajstić information content (AvgIpc) is 3.48. The summed E-state index contributed by atoms with van der Waals surface area (Å²) in [5.41, 5.74) is 5.65. The van der Waals surface area contributed by atoms with Crippen LogP contribution < -0.4 is 5.32 Å². The second kappa shape index (κ2) is 14.3. The molecule has 0 bridgehead atoms. The van der Waals surface area contributed by atoms with E-state index in [1.165, 1.54) is 0 Å². The Morgan fingerprint density at radius 2 is 1.67 bits per heavy atom. The Kier molecular flexibility index (Phi) is 10.7. The molecule has 2 aliphatic heterocycles. The molecule has 5 rings (SSSR count). The van der Waals surface area contributed by atoms with Crippen molar-refractivity contribution < 1.29 is 24.5 Å². The Morgan fingerprint density at radius 3 is 2.35 bits per heavy atom. The summed E-state index contributed by atoms with van der Waals surface area (Å²) in [6.07, 6.45) is 1.18. The van der Waals surface area contributed by atoms with Crippen molar-refractivity contribution in [1.82, 2.24) is 10.2 Å². The fourth-order valence-corrected chi connectivity index (χ4v) is 6.08. The monoisotopic (exact) mass is 646 g/mol. The number of aliphatic hydroxyl groups excluding tert-OH is 2. The number of carbonyl (C=O) groups is 1. The van der Waals surface area contributed by atoms with Gasteiger partial charge in [-0.25, -0.2) is 0 Å². The lowest BCUT2D eigenvalue weighted by Crippen LogP contribution is -2.46. The molecular formula is C33H37Cl3N2O5. The van der Waals surface area contributed by atoms with Crippen molar-refractivity contribution in [3.8, 4) is 11.1 Å². The molecule has 2 heterocycles. The number of hydrogen-bond acceptors (Lipinski definition) is 6. The lowest BCUT2D eigenvalue weighted by Gasteiger charge is -2.43. The van der Waals surface area contributed by atoms with Gasteiger partial charge in [0.05, 0.1) is 25.4 Å². The minimum absolute atomic E-state index is 0.00786. The second-order valence-electron chi connectivity index (χ2n) is 11.3. The van der Waals surface area contributed by atoms with E-state index in [2.05, 4.69) is 17.1 Å². The largest absolute Gasteiger partial charge is 0.395 e. The number of ether oxygens (including phenoxy) is 2. The van der Waals surface area contributed by atoms with E-state index in [-0.39, 0.29) is 43.9 Å². The third kappa shape index (κ3) is 7.91. The topological polar surface area (TPSA) is 91.3 Å². The third-order valence-corrected chi connectivity index (χ3v) is 8.92. The Balaban J connectivity index is 1.35. The lowest BCUT2D eigenvalue weighted by atomic mass is 9.89. The summed E-state index contributed by atoms with van der Waals surface area (Å²) < 4.78 is 11.2. The van der Waals surface area contributed by atoms with Gasteiger partial charge in [0.1, 0.15) is 0 Å². The molecule has 0 radical (unpaired) electrons. The minimum atomic E-state index is -2.01. The number of rotatable bonds is 9. The molecule has 3 aromatic rings. The highest BCUT2D eigenvalue weighted by Crippen LogP contribution is 2.42. The highest BCUT2D eigenvalue weighted by atomic mass is 35.6. The van der Waals surface area contributed by atoms with E-state index >= 15 is 0 Å². The van der Waals surface area contributed by atoms with Crippen LogP contribution in [0.4, 0.5) is 0 Å². The van der Waals surface area contributed by atoms with Crippen LogP contribution in [0.1, 0.15) is 54.4 Å². The quantitative estimate of drug-likeness (QED) is 0.244. The fraction of sp³-hybridized carbons (Fsp3) is 0.424. The van der Waals surface area contributed by atoms with Crippen LogP contribution in [0.2, 0.25) is 0 Å². The minimum Gasteiger partial charge on any atom is -0.395 e. The first-order valence-corrected chi connectivity index (χ1v) is 15.7. The van der Waals surface area contributed by atoms with Crippen molar-refractivity contribution in [3.63, 3.8) is 0 Å². The van der Waals surface area contributed by atoms with Crippen LogP contribution in [0.5, 0.6) is 0 Å². The summed E-state index contributed by atoms with van der Waals surface area (Å²) in [5, 5.41) is 22.1. The zero-order valence-electron chi connectivity index (χ0n) is 24.0. The molecule has 7 nitrogen and oxygen atoms in total. The van der Waals surface area contributed by atoms with Crippen LogP contribution in [0.15, 0.2) is 72.8 Å². The van der Waals surface area contributed by atoms with Gasteiger partial charge in [0.15, 0.2) is 6.29 Å². The van der Waals surface area contributed by atoms with E-state index in [4.69, 9.17) is 44.3 Å². The number of carbonyl (C=O) groups excluding carboxylic acids is 1. The van der Waals surface area contributed by atoms with Crippen molar-refractivity contribution in [1.29, 1.82) is 0 Å². The zero-order valence-corrected chi connectivity index (χ0v) is 26.2. The number of benzene rings is 3. The summed E-state index contributed by atoms with van der Waals surface area (Å²) in [5.74, 6) is -0.605. The summed E-state index contributed by atoms with van der Waals surface area (Å²) in [6.45, 7) is 4.19. The van der Waals surface area contributed by atoms with E-state index in [1.54, 1.807) is 0 Å². The molecule has 0 spiro atoms. The maximum Gasteiger partial charge on any atom is 0.272 e. The smallest absolute Gasteiger partial charge is 0.272 e. The van der Waals surface area contributed by atoms with Crippen LogP contribution in [-0.4, -0.2) is 56.7 Å². The van der Waals surface area contributed by atoms with Crippen molar-refractivity contribution in [2.75, 3.05) is 19.7 Å². The average molecular weight is 648 g/mol. The molecule has 0 saturated carbocycles. The molecule has 5 atom stereocenters. The Labute approximate surface area is 267 Å². The van der Waals surface area contributed by atoms with Gasteiger partial charge in [-0.3, -0.25) is 9.69 Å². The molecule has 2 fully saturated rings. The molecule has 0 aliphatic carbocycles. The molecule has 2 aliphatic rings. The van der Waals surface area contributed by atoms with Gasteiger partial charge in [0.25, 0.3) is 9.70 Å². The summed E-state index contributed by atoms with van der Waals surface area (Å²) in [6, 6.07) is 23.9. The van der Waals surface area contributed by atoms with Crippen LogP contribution >= 0.6 is 34.8 Å². The number of halogens is 3. The van der Waals surface area contributed by atoms with Crippen molar-refractivity contribution >= 4 is 40.7 Å². The third-order valence-electron chi connectivity index (χ3n) is 8.40. The van der Waals surface area contributed by atoms with E-state index in [0.717, 1.165) is 59.3 Å². The number of alkyl halides is 3. The molecule has 1 amide bonds. The van der Waals surface area contributed by atoms with Gasteiger partial charge < -0.3 is 25.0 Å². The SMILES string of the molecule is C[C@H]1[C@@H](CN2CCC[C@H]2CO)O[C@@H](c2ccc(-c3cccc(CNC(=O)C(Cl)(Cl)Cl)c3)cc2)O[C@H]1c1ccc(CO)cc1. The van der Waals surface area contributed by atoms with Gasteiger partial charge in [0.2, 0.25) is 0 Å². The maximum atomic E-state index is 11.9. The van der Waals surface area contributed by atoms with E-state index in [0.29, 0.717) is 0 Å². The number of nitrogens with zero attached hydrogens (tertiary/aromatic N) is 1. The highest BCUT2D eigenvalue weighted by Gasteiger charge is 2.40. The van der Waals surface area contributed by atoms with Gasteiger partial charge >= 0.3 is 0 Å². The van der Waals surface area contributed by atoms with Gasteiger partial charge in [-0.05, 0) is 53.3 Å². The normalized spacial score (nSPS) is 24.7. The Hall–Kier alpha value is -2.20. The van der Waals surface area contributed by atoms with Crippen molar-refractivity contribution in [2.45, 2.75) is 61.2 Å². The maximum absolute atomic E-state index is 11.9. The first kappa shape index (κ1) is 32.2. The summed E-state index contributed by atoms with van der Waals surface area (Å²) in [7, 11) is 0. The van der Waals surface area contributed by atoms with Gasteiger partial charge in [-0.1, -0.05) is 108 Å². The molecule has 3 aromatic carbocycles. The molecule has 2 saturated heterocycles. The van der Waals surface area contributed by atoms with Crippen LogP contribution in [0.25, 0.3) is 11.1 Å². The van der Waals surface area contributed by atoms with Gasteiger partial charge in [-0.2, -0.15) is 0 Å². The van der Waals surface area contributed by atoms with Gasteiger partial charge in [-0.15, -0.1) is 0 Å². The van der Waals surface area contributed by atoms with Crippen LogP contribution in [0.3, 0.4) is 0 Å². The number of nitrogens with one attached hydrogen (secondary N) is 1. The molecular weight excluding hydrogens is 611 g/mol. The number of amides is 1. The summed E-state index contributed by atoms with van der Waals surface area (Å²) in [4.78, 5) is 14.3. The van der Waals surface area contributed by atoms with E-state index in [9.17, 15) is 15.0 Å². The first-order valence-electron chi connectivity index (χ1n) is 14.6. The predicted octanol–water partition coefficient (Wildman–Crippen LogP) is 6.08. The van der Waals surface area contributed by atoms with Gasteiger partial charge in [0, 0.05) is 30.6 Å². The fourth-order valence-electron chi connectivity index (χ4n) is 5.88. The molecule has 3 N–H and O–H groups in total. The zero-order chi connectivity index (χ0) is 30.6. The van der Waals surface area contributed by atoms with Crippen LogP contribution in [-0.2, 0) is 27.4 Å². The highest BCUT2D eigenvalue weighted by molar-refractivity contribution is 6.76. The number of likely N-dealkylation sites (tertiary alicyclic amines) is 1. The second-order valence-corrected chi connectivity index (χ2v) is 13.6. The predicted molar refractivity (Wildman–Crippen MR) is 169 cm³/mol. The Bertz CT molecular complexity index is 1370. The van der Waals surface area contributed by atoms with E-state index < -0.39 is 16.0 Å². The number of aliphatic hydroxyl groups is 2. The Morgan fingerprint density at radius 1 is 0.953 bits per heavy atom. The lowest BCUT2D eigenvalue weighted by molar-refractivity contribution is -0.276. The molecule has 0 aromatic heterocycles.